The zero-order chi connectivity index (χ0) is 13.4. The second kappa shape index (κ2) is 8.56. The number of thioether (sulfide) groups is 1. The minimum Gasteiger partial charge on any atom is -0.477 e. The lowest BCUT2D eigenvalue weighted by atomic mass is 10.2. The van der Waals surface area contributed by atoms with Gasteiger partial charge in [-0.25, -0.2) is 4.79 Å². The molecule has 0 aromatic carbocycles. The minimum atomic E-state index is -0.827. The molecule has 0 aliphatic carbocycles. The topological polar surface area (TPSA) is 49.3 Å². The van der Waals surface area contributed by atoms with E-state index < -0.39 is 5.97 Å². The molecule has 0 atom stereocenters. The molecule has 5 heteroatoms. The Labute approximate surface area is 117 Å². The van der Waals surface area contributed by atoms with Crippen LogP contribution in [0, 0.1) is 6.92 Å². The van der Waals surface area contributed by atoms with Crippen LogP contribution in [0.5, 0.6) is 0 Å². The number of unbranched alkanes of at least 4 members (excludes halogenated alkanes) is 2. The fourth-order valence-electron chi connectivity index (χ4n) is 1.70. The van der Waals surface area contributed by atoms with Crippen LogP contribution in [0.1, 0.15) is 39.4 Å². The first-order chi connectivity index (χ1) is 8.65. The third kappa shape index (κ3) is 5.42. The maximum atomic E-state index is 10.8. The van der Waals surface area contributed by atoms with Gasteiger partial charge in [-0.05, 0) is 49.9 Å². The average Bonchev–Trinajstić information content (AvgIpc) is 2.70. The van der Waals surface area contributed by atoms with Gasteiger partial charge in [0, 0.05) is 11.4 Å². The van der Waals surface area contributed by atoms with Crippen molar-refractivity contribution in [3.63, 3.8) is 0 Å². The van der Waals surface area contributed by atoms with Crippen LogP contribution in [0.2, 0.25) is 0 Å². The normalized spacial score (nSPS) is 10.8. The maximum Gasteiger partial charge on any atom is 0.345 e. The van der Waals surface area contributed by atoms with Crippen molar-refractivity contribution in [3.8, 4) is 0 Å². The second-order valence-electron chi connectivity index (χ2n) is 4.23. The van der Waals surface area contributed by atoms with Crippen molar-refractivity contribution in [2.75, 3.05) is 18.6 Å². The van der Waals surface area contributed by atoms with E-state index in [1.165, 1.54) is 36.4 Å². The molecule has 1 aromatic heterocycles. The summed E-state index contributed by atoms with van der Waals surface area (Å²) in [6, 6.07) is 1.78. The van der Waals surface area contributed by atoms with Crippen LogP contribution in [0.4, 0.5) is 0 Å². The molecule has 1 aromatic rings. The van der Waals surface area contributed by atoms with Gasteiger partial charge in [0.05, 0.1) is 0 Å². The number of carbonyl (C=O) groups is 1. The highest BCUT2D eigenvalue weighted by atomic mass is 32.2. The zero-order valence-corrected chi connectivity index (χ0v) is 12.6. The number of hydrogen-bond acceptors (Lipinski definition) is 4. The van der Waals surface area contributed by atoms with Gasteiger partial charge < -0.3 is 10.4 Å². The number of rotatable bonds is 9. The van der Waals surface area contributed by atoms with Gasteiger partial charge >= 0.3 is 5.97 Å². The van der Waals surface area contributed by atoms with E-state index >= 15 is 0 Å². The van der Waals surface area contributed by atoms with E-state index in [0.717, 1.165) is 23.5 Å². The minimum absolute atomic E-state index is 0.435. The molecule has 0 saturated heterocycles. The number of aromatic carboxylic acids is 1. The van der Waals surface area contributed by atoms with Crippen LogP contribution in [-0.2, 0) is 6.54 Å². The summed E-state index contributed by atoms with van der Waals surface area (Å²) in [7, 11) is 0. The molecule has 18 heavy (non-hydrogen) atoms. The Morgan fingerprint density at radius 2 is 2.22 bits per heavy atom. The maximum absolute atomic E-state index is 10.8. The van der Waals surface area contributed by atoms with E-state index in [1.54, 1.807) is 6.07 Å². The van der Waals surface area contributed by atoms with E-state index in [2.05, 4.69) is 11.6 Å². The SMILES string of the molecule is CSCCCCCNCc1cc(C(=O)O)sc1C. The van der Waals surface area contributed by atoms with Crippen molar-refractivity contribution in [2.24, 2.45) is 0 Å². The summed E-state index contributed by atoms with van der Waals surface area (Å²) in [6.45, 7) is 3.76. The van der Waals surface area contributed by atoms with Gasteiger partial charge in [0.15, 0.2) is 0 Å². The van der Waals surface area contributed by atoms with Gasteiger partial charge in [-0.3, -0.25) is 0 Å². The molecule has 0 saturated carbocycles. The first-order valence-corrected chi connectivity index (χ1v) is 8.38. The third-order valence-corrected chi connectivity index (χ3v) is 4.53. The number of carboxylic acids is 1. The van der Waals surface area contributed by atoms with Crippen LogP contribution in [0.25, 0.3) is 0 Å². The lowest BCUT2D eigenvalue weighted by molar-refractivity contribution is 0.0702. The molecule has 3 nitrogen and oxygen atoms in total. The predicted molar refractivity (Wildman–Crippen MR) is 80.0 cm³/mol. The lowest BCUT2D eigenvalue weighted by Gasteiger charge is -2.04. The van der Waals surface area contributed by atoms with E-state index in [4.69, 9.17) is 5.11 Å². The van der Waals surface area contributed by atoms with Gasteiger partial charge in [0.1, 0.15) is 4.88 Å². The molecule has 0 unspecified atom stereocenters. The Morgan fingerprint density at radius 3 is 2.83 bits per heavy atom. The van der Waals surface area contributed by atoms with E-state index in [9.17, 15) is 4.79 Å². The van der Waals surface area contributed by atoms with Crippen LogP contribution < -0.4 is 5.32 Å². The number of thiophene rings is 1. The fraction of sp³-hybridized carbons (Fsp3) is 0.615. The van der Waals surface area contributed by atoms with E-state index in [-0.39, 0.29) is 0 Å². The van der Waals surface area contributed by atoms with E-state index in [1.807, 2.05) is 18.7 Å². The molecule has 0 radical (unpaired) electrons. The lowest BCUT2D eigenvalue weighted by Crippen LogP contribution is -2.14. The molecule has 0 amide bonds. The zero-order valence-electron chi connectivity index (χ0n) is 11.0. The van der Waals surface area contributed by atoms with Crippen molar-refractivity contribution in [1.29, 1.82) is 0 Å². The summed E-state index contributed by atoms with van der Waals surface area (Å²) in [5, 5.41) is 12.3. The molecular weight excluding hydrogens is 266 g/mol. The number of aryl methyl sites for hydroxylation is 1. The summed E-state index contributed by atoms with van der Waals surface area (Å²) < 4.78 is 0. The number of carboxylic acid groups (broad SMARTS) is 1. The number of nitrogens with one attached hydrogen (secondary N) is 1. The quantitative estimate of drug-likeness (QED) is 0.684. The summed E-state index contributed by atoms with van der Waals surface area (Å²) >= 11 is 3.25. The first-order valence-electron chi connectivity index (χ1n) is 6.17. The van der Waals surface area contributed by atoms with Gasteiger partial charge in [0.2, 0.25) is 0 Å². The van der Waals surface area contributed by atoms with Crippen molar-refractivity contribution >= 4 is 29.1 Å². The smallest absolute Gasteiger partial charge is 0.345 e. The van der Waals surface area contributed by atoms with Crippen molar-refractivity contribution in [1.82, 2.24) is 5.32 Å². The molecular formula is C13H21NO2S2. The molecule has 0 bridgehead atoms. The molecule has 1 heterocycles. The van der Waals surface area contributed by atoms with Crippen molar-refractivity contribution in [2.45, 2.75) is 32.7 Å². The van der Waals surface area contributed by atoms with Crippen LogP contribution in [0.15, 0.2) is 6.07 Å². The van der Waals surface area contributed by atoms with Crippen LogP contribution >= 0.6 is 23.1 Å². The Kier molecular flexibility index (Phi) is 7.39. The summed E-state index contributed by atoms with van der Waals surface area (Å²) in [6.07, 6.45) is 5.87. The molecule has 1 rings (SSSR count). The third-order valence-electron chi connectivity index (χ3n) is 2.75. The van der Waals surface area contributed by atoms with Gasteiger partial charge in [-0.15, -0.1) is 11.3 Å². The molecule has 0 fully saturated rings. The fourth-order valence-corrected chi connectivity index (χ4v) is 3.07. The first kappa shape index (κ1) is 15.5. The van der Waals surface area contributed by atoms with Crippen LogP contribution in [0.3, 0.4) is 0 Å². The highest BCUT2D eigenvalue weighted by molar-refractivity contribution is 7.98. The summed E-state index contributed by atoms with van der Waals surface area (Å²) in [5.41, 5.74) is 1.11. The number of hydrogen-bond donors (Lipinski definition) is 2. The largest absolute Gasteiger partial charge is 0.477 e. The molecule has 0 aliphatic rings. The van der Waals surface area contributed by atoms with Gasteiger partial charge in [0.25, 0.3) is 0 Å². The van der Waals surface area contributed by atoms with Gasteiger partial charge in [-0.1, -0.05) is 6.42 Å². The average molecular weight is 287 g/mol. The molecule has 2 N–H and O–H groups in total. The monoisotopic (exact) mass is 287 g/mol. The highest BCUT2D eigenvalue weighted by Gasteiger charge is 2.10. The second-order valence-corrected chi connectivity index (χ2v) is 6.47. The molecule has 102 valence electrons. The van der Waals surface area contributed by atoms with Crippen molar-refractivity contribution in [3.05, 3.63) is 21.4 Å². The highest BCUT2D eigenvalue weighted by Crippen LogP contribution is 2.21. The Morgan fingerprint density at radius 1 is 1.44 bits per heavy atom. The van der Waals surface area contributed by atoms with Crippen molar-refractivity contribution < 1.29 is 9.90 Å². The Balaban J connectivity index is 2.21. The summed E-state index contributed by atoms with van der Waals surface area (Å²) in [5.74, 6) is 0.414. The van der Waals surface area contributed by atoms with Gasteiger partial charge in [-0.2, -0.15) is 11.8 Å². The molecule has 0 aliphatic heterocycles. The predicted octanol–water partition coefficient (Wildman–Crippen LogP) is 3.38. The van der Waals surface area contributed by atoms with Crippen LogP contribution in [-0.4, -0.2) is 29.6 Å². The standard InChI is InChI=1S/C13H21NO2S2/c1-10-11(8-12(18-10)13(15)16)9-14-6-4-3-5-7-17-2/h8,14H,3-7,9H2,1-2H3,(H,15,16). The van der Waals surface area contributed by atoms with E-state index in [0.29, 0.717) is 4.88 Å². The molecule has 0 spiro atoms. The Hall–Kier alpha value is -0.520. The Bertz CT molecular complexity index is 377. The summed E-state index contributed by atoms with van der Waals surface area (Å²) in [4.78, 5) is 12.4.